The van der Waals surface area contributed by atoms with Gasteiger partial charge < -0.3 is 13.9 Å². The van der Waals surface area contributed by atoms with E-state index in [1.165, 1.54) is 38.3 Å². The van der Waals surface area contributed by atoms with Crippen LogP contribution in [0, 0.1) is 12.7 Å². The Hall–Kier alpha value is -4.21. The van der Waals surface area contributed by atoms with Crippen LogP contribution in [-0.4, -0.2) is 27.0 Å². The first kappa shape index (κ1) is 24.9. The Morgan fingerprint density at radius 1 is 1.06 bits per heavy atom. The molecule has 1 atom stereocenters. The summed E-state index contributed by atoms with van der Waals surface area (Å²) in [5.74, 6) is -1.15. The number of imidazole rings is 1. The van der Waals surface area contributed by atoms with Crippen LogP contribution in [0.5, 0.6) is 5.75 Å². The largest absolute Gasteiger partial charge is 0.495 e. The summed E-state index contributed by atoms with van der Waals surface area (Å²) < 4.78 is 62.4. The molecule has 0 aliphatic carbocycles. The van der Waals surface area contributed by atoms with E-state index in [1.54, 1.807) is 30.1 Å². The van der Waals surface area contributed by atoms with Crippen molar-refractivity contribution in [3.8, 4) is 11.4 Å². The number of nitrogens with zero attached hydrogens (tertiary/aromatic N) is 3. The SMILES string of the molecule is COc1cc(C(=O)c2cc(C(F)(F)F)cn(C(C)c3ccc(F)cc3)c2=O)ccc1-n1cnc(C)c1. The molecule has 0 saturated carbocycles. The zero-order valence-electron chi connectivity index (χ0n) is 19.5. The minimum Gasteiger partial charge on any atom is -0.495 e. The van der Waals surface area contributed by atoms with Crippen LogP contribution < -0.4 is 10.3 Å². The standard InChI is InChI=1S/C26H21F4N3O3/c1-15-12-32(14-31-15)22-9-6-18(10-23(22)36-3)24(34)21-11-19(26(28,29)30)13-33(25(21)35)16(2)17-4-7-20(27)8-5-17/h4-14,16H,1-3H3. The lowest BCUT2D eigenvalue weighted by Crippen LogP contribution is -2.31. The average Bonchev–Trinajstić information content (AvgIpc) is 3.28. The number of aromatic nitrogens is 3. The van der Waals surface area contributed by atoms with Crippen molar-refractivity contribution in [1.82, 2.24) is 14.1 Å². The van der Waals surface area contributed by atoms with Crippen molar-refractivity contribution in [1.29, 1.82) is 0 Å². The smallest absolute Gasteiger partial charge is 0.417 e. The van der Waals surface area contributed by atoms with E-state index in [4.69, 9.17) is 4.74 Å². The maximum atomic E-state index is 13.7. The van der Waals surface area contributed by atoms with E-state index < -0.39 is 40.5 Å². The number of hydrogen-bond acceptors (Lipinski definition) is 4. The number of ether oxygens (including phenoxy) is 1. The first-order valence-corrected chi connectivity index (χ1v) is 10.8. The number of carbonyl (C=O) groups is 1. The third-order valence-electron chi connectivity index (χ3n) is 5.82. The van der Waals surface area contributed by atoms with Gasteiger partial charge in [0.2, 0.25) is 0 Å². The number of pyridine rings is 1. The fourth-order valence-corrected chi connectivity index (χ4v) is 3.85. The van der Waals surface area contributed by atoms with Crippen LogP contribution in [0.3, 0.4) is 0 Å². The van der Waals surface area contributed by atoms with Crippen molar-refractivity contribution < 1.29 is 27.1 Å². The highest BCUT2D eigenvalue weighted by Crippen LogP contribution is 2.31. The quantitative estimate of drug-likeness (QED) is 0.265. The van der Waals surface area contributed by atoms with Gasteiger partial charge in [-0.25, -0.2) is 9.37 Å². The third-order valence-corrected chi connectivity index (χ3v) is 5.82. The lowest BCUT2D eigenvalue weighted by atomic mass is 10.0. The molecule has 2 heterocycles. The second-order valence-electron chi connectivity index (χ2n) is 8.22. The molecular formula is C26H21F4N3O3. The molecule has 4 aromatic rings. The van der Waals surface area contributed by atoms with Crippen molar-refractivity contribution in [3.63, 3.8) is 0 Å². The van der Waals surface area contributed by atoms with Gasteiger partial charge in [-0.1, -0.05) is 12.1 Å². The molecule has 0 aliphatic heterocycles. The number of alkyl halides is 3. The molecule has 1 unspecified atom stereocenters. The van der Waals surface area contributed by atoms with Gasteiger partial charge in [0.05, 0.1) is 42.0 Å². The highest BCUT2D eigenvalue weighted by molar-refractivity contribution is 6.09. The second-order valence-corrected chi connectivity index (χ2v) is 8.22. The van der Waals surface area contributed by atoms with E-state index in [-0.39, 0.29) is 11.3 Å². The normalized spacial score (nSPS) is 12.4. The van der Waals surface area contributed by atoms with Gasteiger partial charge in [-0.15, -0.1) is 0 Å². The van der Waals surface area contributed by atoms with Crippen molar-refractivity contribution >= 4 is 5.78 Å². The molecule has 2 aromatic heterocycles. The number of halogens is 4. The molecule has 0 saturated heterocycles. The van der Waals surface area contributed by atoms with Gasteiger partial charge >= 0.3 is 6.18 Å². The third kappa shape index (κ3) is 4.79. The average molecular weight is 499 g/mol. The summed E-state index contributed by atoms with van der Waals surface area (Å²) in [7, 11) is 1.39. The van der Waals surface area contributed by atoms with Crippen LogP contribution in [-0.2, 0) is 6.18 Å². The number of methoxy groups -OCH3 is 1. The number of benzene rings is 2. The molecule has 0 bridgehead atoms. The molecule has 186 valence electrons. The number of aryl methyl sites for hydroxylation is 1. The Morgan fingerprint density at radius 2 is 1.75 bits per heavy atom. The Kier molecular flexibility index (Phi) is 6.53. The Bertz CT molecular complexity index is 1490. The van der Waals surface area contributed by atoms with Crippen LogP contribution in [0.4, 0.5) is 17.6 Å². The van der Waals surface area contributed by atoms with Crippen LogP contribution in [0.2, 0.25) is 0 Å². The highest BCUT2D eigenvalue weighted by Gasteiger charge is 2.34. The van der Waals surface area contributed by atoms with E-state index >= 15 is 0 Å². The molecule has 6 nitrogen and oxygen atoms in total. The molecule has 0 radical (unpaired) electrons. The summed E-state index contributed by atoms with van der Waals surface area (Å²) in [6.45, 7) is 3.29. The first-order chi connectivity index (χ1) is 17.0. The molecule has 4 rings (SSSR count). The maximum absolute atomic E-state index is 13.7. The van der Waals surface area contributed by atoms with E-state index in [9.17, 15) is 27.2 Å². The molecule has 0 amide bonds. The summed E-state index contributed by atoms with van der Waals surface area (Å²) in [6, 6.07) is 9.01. The van der Waals surface area contributed by atoms with Gasteiger partial charge in [0.15, 0.2) is 5.78 Å². The van der Waals surface area contributed by atoms with Gasteiger partial charge in [0.25, 0.3) is 5.56 Å². The molecule has 36 heavy (non-hydrogen) atoms. The molecule has 0 aliphatic rings. The van der Waals surface area contributed by atoms with Gasteiger partial charge in [-0.2, -0.15) is 13.2 Å². The van der Waals surface area contributed by atoms with Crippen LogP contribution >= 0.6 is 0 Å². The van der Waals surface area contributed by atoms with Crippen molar-refractivity contribution in [2.24, 2.45) is 0 Å². The summed E-state index contributed by atoms with van der Waals surface area (Å²) in [5, 5.41) is 0. The summed E-state index contributed by atoms with van der Waals surface area (Å²) >= 11 is 0. The number of rotatable bonds is 6. The van der Waals surface area contributed by atoms with Gasteiger partial charge in [0.1, 0.15) is 11.6 Å². The fraction of sp³-hybridized carbons (Fsp3) is 0.192. The predicted octanol–water partition coefficient (Wildman–Crippen LogP) is 5.35. The van der Waals surface area contributed by atoms with Crippen LogP contribution in [0.25, 0.3) is 5.69 Å². The topological polar surface area (TPSA) is 66.1 Å². The zero-order valence-corrected chi connectivity index (χ0v) is 19.5. The Morgan fingerprint density at radius 3 is 2.33 bits per heavy atom. The molecule has 0 spiro atoms. The minimum absolute atomic E-state index is 0.0233. The van der Waals surface area contributed by atoms with Crippen LogP contribution in [0.1, 0.15) is 45.7 Å². The lowest BCUT2D eigenvalue weighted by molar-refractivity contribution is -0.138. The van der Waals surface area contributed by atoms with Crippen LogP contribution in [0.15, 0.2) is 72.0 Å². The summed E-state index contributed by atoms with van der Waals surface area (Å²) in [5.41, 5.74) is -1.03. The van der Waals surface area contributed by atoms with E-state index in [2.05, 4.69) is 4.98 Å². The first-order valence-electron chi connectivity index (χ1n) is 10.8. The van der Waals surface area contributed by atoms with Crippen molar-refractivity contribution in [3.05, 3.63) is 111 Å². The lowest BCUT2D eigenvalue weighted by Gasteiger charge is -2.19. The fourth-order valence-electron chi connectivity index (χ4n) is 3.85. The van der Waals surface area contributed by atoms with Gasteiger partial charge in [0, 0.05) is 18.0 Å². The minimum atomic E-state index is -4.81. The Balaban J connectivity index is 1.82. The monoisotopic (exact) mass is 499 g/mol. The number of hydrogen-bond donors (Lipinski definition) is 0. The van der Waals surface area contributed by atoms with E-state index in [0.29, 0.717) is 23.5 Å². The zero-order chi connectivity index (χ0) is 26.2. The van der Waals surface area contributed by atoms with E-state index in [1.807, 2.05) is 0 Å². The summed E-state index contributed by atoms with van der Waals surface area (Å²) in [6.07, 6.45) is -0.856. The second kappa shape index (κ2) is 9.44. The maximum Gasteiger partial charge on any atom is 0.417 e. The molecule has 2 aromatic carbocycles. The molecule has 0 N–H and O–H groups in total. The summed E-state index contributed by atoms with van der Waals surface area (Å²) in [4.78, 5) is 30.7. The van der Waals surface area contributed by atoms with E-state index in [0.717, 1.165) is 22.4 Å². The van der Waals surface area contributed by atoms with Crippen molar-refractivity contribution in [2.45, 2.75) is 26.1 Å². The highest BCUT2D eigenvalue weighted by atomic mass is 19.4. The molecule has 0 fully saturated rings. The van der Waals surface area contributed by atoms with Gasteiger partial charge in [-0.3, -0.25) is 9.59 Å². The number of carbonyl (C=O) groups excluding carboxylic acids is 1. The molecule has 10 heteroatoms. The molecular weight excluding hydrogens is 478 g/mol. The van der Waals surface area contributed by atoms with Gasteiger partial charge in [-0.05, 0) is 55.8 Å². The predicted molar refractivity (Wildman–Crippen MR) is 124 cm³/mol. The Labute approximate surface area is 203 Å². The van der Waals surface area contributed by atoms with Crippen molar-refractivity contribution in [2.75, 3.05) is 7.11 Å². The number of ketones is 1.